The lowest BCUT2D eigenvalue weighted by Gasteiger charge is -2.17. The van der Waals surface area contributed by atoms with Gasteiger partial charge in [-0.3, -0.25) is 0 Å². The van der Waals surface area contributed by atoms with Gasteiger partial charge in [-0.15, -0.1) is 0 Å². The van der Waals surface area contributed by atoms with E-state index in [0.29, 0.717) is 6.42 Å². The van der Waals surface area contributed by atoms with Crippen LogP contribution in [0.4, 0.5) is 5.69 Å². The second-order valence-electron chi connectivity index (χ2n) is 4.44. The number of rotatable bonds is 3. The SMILES string of the molecule is CN(C)c1ccccc1-c1ccc(CC#N)cc1. The van der Waals surface area contributed by atoms with Gasteiger partial charge in [-0.05, 0) is 17.2 Å². The third kappa shape index (κ3) is 2.52. The van der Waals surface area contributed by atoms with Crippen LogP contribution in [0.1, 0.15) is 5.56 Å². The lowest BCUT2D eigenvalue weighted by atomic mass is 10.0. The van der Waals surface area contributed by atoms with Crippen LogP contribution >= 0.6 is 0 Å². The van der Waals surface area contributed by atoms with E-state index in [1.165, 1.54) is 16.8 Å². The molecule has 0 spiro atoms. The topological polar surface area (TPSA) is 27.0 Å². The Morgan fingerprint density at radius 1 is 1.00 bits per heavy atom. The van der Waals surface area contributed by atoms with Gasteiger partial charge in [-0.1, -0.05) is 42.5 Å². The third-order valence-corrected chi connectivity index (χ3v) is 2.93. The molecular formula is C16H16N2. The van der Waals surface area contributed by atoms with Crippen molar-refractivity contribution in [2.24, 2.45) is 0 Å². The molecule has 0 aliphatic heterocycles. The van der Waals surface area contributed by atoms with Crippen LogP contribution in [-0.4, -0.2) is 14.1 Å². The van der Waals surface area contributed by atoms with E-state index in [2.05, 4.69) is 35.2 Å². The predicted molar refractivity (Wildman–Crippen MR) is 75.5 cm³/mol. The molecule has 2 heteroatoms. The summed E-state index contributed by atoms with van der Waals surface area (Å²) in [6, 6.07) is 18.7. The monoisotopic (exact) mass is 236 g/mol. The highest BCUT2D eigenvalue weighted by Crippen LogP contribution is 2.29. The van der Waals surface area contributed by atoms with Gasteiger partial charge in [0.05, 0.1) is 12.5 Å². The van der Waals surface area contributed by atoms with E-state index in [1.807, 2.05) is 38.4 Å². The maximum absolute atomic E-state index is 8.67. The van der Waals surface area contributed by atoms with Crippen molar-refractivity contribution in [3.05, 3.63) is 54.1 Å². The summed E-state index contributed by atoms with van der Waals surface area (Å²) in [7, 11) is 4.09. The van der Waals surface area contributed by atoms with Gasteiger partial charge in [0.2, 0.25) is 0 Å². The van der Waals surface area contributed by atoms with Crippen molar-refractivity contribution in [1.82, 2.24) is 0 Å². The molecule has 0 saturated carbocycles. The molecule has 0 aliphatic rings. The smallest absolute Gasteiger partial charge is 0.0669 e. The summed E-state index contributed by atoms with van der Waals surface area (Å²) in [6.07, 6.45) is 0.468. The lowest BCUT2D eigenvalue weighted by Crippen LogP contribution is -2.09. The number of anilines is 1. The van der Waals surface area contributed by atoms with Crippen molar-refractivity contribution in [3.8, 4) is 17.2 Å². The van der Waals surface area contributed by atoms with E-state index < -0.39 is 0 Å². The standard InChI is InChI=1S/C16H16N2/c1-18(2)16-6-4-3-5-15(16)14-9-7-13(8-10-14)11-12-17/h3-10H,11H2,1-2H3. The van der Waals surface area contributed by atoms with Crippen LogP contribution in [0.15, 0.2) is 48.5 Å². The van der Waals surface area contributed by atoms with Gasteiger partial charge in [-0.25, -0.2) is 0 Å². The fourth-order valence-corrected chi connectivity index (χ4v) is 2.00. The summed E-state index contributed by atoms with van der Waals surface area (Å²) >= 11 is 0. The van der Waals surface area contributed by atoms with Gasteiger partial charge in [0.15, 0.2) is 0 Å². The van der Waals surface area contributed by atoms with Gasteiger partial charge in [0, 0.05) is 25.3 Å². The Morgan fingerprint density at radius 3 is 2.28 bits per heavy atom. The molecule has 0 saturated heterocycles. The first-order valence-electron chi connectivity index (χ1n) is 5.95. The van der Waals surface area contributed by atoms with E-state index in [0.717, 1.165) is 5.56 Å². The Kier molecular flexibility index (Phi) is 3.64. The van der Waals surface area contributed by atoms with Crippen LogP contribution in [0.25, 0.3) is 11.1 Å². The first kappa shape index (κ1) is 12.2. The normalized spacial score (nSPS) is 9.83. The van der Waals surface area contributed by atoms with E-state index >= 15 is 0 Å². The molecule has 0 bridgehead atoms. The summed E-state index contributed by atoms with van der Waals surface area (Å²) in [6.45, 7) is 0. The summed E-state index contributed by atoms with van der Waals surface area (Å²) in [5.74, 6) is 0. The molecule has 90 valence electrons. The van der Waals surface area contributed by atoms with Gasteiger partial charge >= 0.3 is 0 Å². The van der Waals surface area contributed by atoms with E-state index in [1.54, 1.807) is 0 Å². The second-order valence-corrected chi connectivity index (χ2v) is 4.44. The van der Waals surface area contributed by atoms with Crippen molar-refractivity contribution in [1.29, 1.82) is 5.26 Å². The fraction of sp³-hybridized carbons (Fsp3) is 0.188. The van der Waals surface area contributed by atoms with E-state index in [9.17, 15) is 0 Å². The Labute approximate surface area is 108 Å². The van der Waals surface area contributed by atoms with Crippen LogP contribution in [0.3, 0.4) is 0 Å². The summed E-state index contributed by atoms with van der Waals surface area (Å²) in [5.41, 5.74) is 4.65. The van der Waals surface area contributed by atoms with Gasteiger partial charge in [-0.2, -0.15) is 5.26 Å². The average Bonchev–Trinajstić information content (AvgIpc) is 2.40. The second kappa shape index (κ2) is 5.37. The number of nitrogens with zero attached hydrogens (tertiary/aromatic N) is 2. The Balaban J connectivity index is 2.40. The van der Waals surface area contributed by atoms with Crippen molar-refractivity contribution in [3.63, 3.8) is 0 Å². The van der Waals surface area contributed by atoms with Crippen molar-refractivity contribution in [2.75, 3.05) is 19.0 Å². The molecule has 0 fully saturated rings. The molecular weight excluding hydrogens is 220 g/mol. The zero-order valence-electron chi connectivity index (χ0n) is 10.7. The number of para-hydroxylation sites is 1. The molecule has 0 aliphatic carbocycles. The minimum absolute atomic E-state index is 0.468. The molecule has 0 unspecified atom stereocenters. The van der Waals surface area contributed by atoms with Crippen LogP contribution in [0.5, 0.6) is 0 Å². The molecule has 0 aromatic heterocycles. The largest absolute Gasteiger partial charge is 0.377 e. The van der Waals surface area contributed by atoms with Gasteiger partial charge in [0.25, 0.3) is 0 Å². The zero-order chi connectivity index (χ0) is 13.0. The van der Waals surface area contributed by atoms with E-state index in [-0.39, 0.29) is 0 Å². The molecule has 0 amide bonds. The van der Waals surface area contributed by atoms with Crippen LogP contribution < -0.4 is 4.90 Å². The molecule has 2 aromatic carbocycles. The number of benzene rings is 2. The fourth-order valence-electron chi connectivity index (χ4n) is 2.00. The third-order valence-electron chi connectivity index (χ3n) is 2.93. The number of hydrogen-bond donors (Lipinski definition) is 0. The minimum atomic E-state index is 0.468. The zero-order valence-corrected chi connectivity index (χ0v) is 10.7. The number of nitriles is 1. The van der Waals surface area contributed by atoms with Crippen molar-refractivity contribution < 1.29 is 0 Å². The number of hydrogen-bond acceptors (Lipinski definition) is 2. The summed E-state index contributed by atoms with van der Waals surface area (Å²) < 4.78 is 0. The maximum Gasteiger partial charge on any atom is 0.0669 e. The molecule has 0 heterocycles. The van der Waals surface area contributed by atoms with E-state index in [4.69, 9.17) is 5.26 Å². The lowest BCUT2D eigenvalue weighted by molar-refractivity contribution is 1.13. The summed E-state index contributed by atoms with van der Waals surface area (Å²) in [4.78, 5) is 2.11. The maximum atomic E-state index is 8.67. The summed E-state index contributed by atoms with van der Waals surface area (Å²) in [5, 5.41) is 8.67. The molecule has 0 radical (unpaired) electrons. The molecule has 0 atom stereocenters. The quantitative estimate of drug-likeness (QED) is 0.815. The highest BCUT2D eigenvalue weighted by molar-refractivity contribution is 5.78. The van der Waals surface area contributed by atoms with Crippen LogP contribution in [-0.2, 0) is 6.42 Å². The van der Waals surface area contributed by atoms with Crippen LogP contribution in [0.2, 0.25) is 0 Å². The molecule has 18 heavy (non-hydrogen) atoms. The molecule has 2 rings (SSSR count). The Bertz CT molecular complexity index is 562. The minimum Gasteiger partial charge on any atom is -0.377 e. The highest BCUT2D eigenvalue weighted by Gasteiger charge is 2.05. The highest BCUT2D eigenvalue weighted by atomic mass is 15.1. The first-order chi connectivity index (χ1) is 8.72. The molecule has 0 N–H and O–H groups in total. The Morgan fingerprint density at radius 2 is 1.67 bits per heavy atom. The predicted octanol–water partition coefficient (Wildman–Crippen LogP) is 3.49. The molecule has 2 aromatic rings. The van der Waals surface area contributed by atoms with Gasteiger partial charge in [0.1, 0.15) is 0 Å². The average molecular weight is 236 g/mol. The first-order valence-corrected chi connectivity index (χ1v) is 5.95. The van der Waals surface area contributed by atoms with Gasteiger partial charge < -0.3 is 4.90 Å². The van der Waals surface area contributed by atoms with Crippen molar-refractivity contribution in [2.45, 2.75) is 6.42 Å². The van der Waals surface area contributed by atoms with Crippen molar-refractivity contribution >= 4 is 5.69 Å². The van der Waals surface area contributed by atoms with Crippen LogP contribution in [0, 0.1) is 11.3 Å². The molecule has 2 nitrogen and oxygen atoms in total. The Hall–Kier alpha value is -2.27.